The number of Topliss-reactive ketones (excluding diaryl/α,β-unsaturated/α-hetero) is 1. The zero-order chi connectivity index (χ0) is 12.2. The molecule has 0 radical (unpaired) electrons. The number of ketones is 1. The van der Waals surface area contributed by atoms with Gasteiger partial charge in [-0.1, -0.05) is 25.5 Å². The highest BCUT2D eigenvalue weighted by molar-refractivity contribution is 7.90. The van der Waals surface area contributed by atoms with Gasteiger partial charge in [-0.3, -0.25) is 4.79 Å². The molecule has 0 N–H and O–H groups in total. The van der Waals surface area contributed by atoms with Crippen LogP contribution in [0.1, 0.15) is 36.5 Å². The lowest BCUT2D eigenvalue weighted by Crippen LogP contribution is -2.02. The Labute approximate surface area is 96.4 Å². The van der Waals surface area contributed by atoms with E-state index in [1.807, 2.05) is 6.92 Å². The number of rotatable bonds is 5. The number of sulfone groups is 1. The van der Waals surface area contributed by atoms with Crippen LogP contribution in [0.15, 0.2) is 29.2 Å². The normalized spacial score (nSPS) is 11.4. The van der Waals surface area contributed by atoms with Gasteiger partial charge < -0.3 is 0 Å². The summed E-state index contributed by atoms with van der Waals surface area (Å²) < 4.78 is 22.6. The molecule has 0 aliphatic heterocycles. The minimum Gasteiger partial charge on any atom is -0.294 e. The predicted molar refractivity (Wildman–Crippen MR) is 63.4 cm³/mol. The van der Waals surface area contributed by atoms with Crippen LogP contribution in [0.5, 0.6) is 0 Å². The van der Waals surface area contributed by atoms with Gasteiger partial charge in [-0.2, -0.15) is 0 Å². The number of benzene rings is 1. The van der Waals surface area contributed by atoms with Gasteiger partial charge in [0.05, 0.1) is 4.90 Å². The molecule has 0 spiro atoms. The maximum atomic E-state index is 11.7. The first-order chi connectivity index (χ1) is 7.45. The maximum Gasteiger partial charge on any atom is 0.175 e. The molecule has 3 nitrogen and oxygen atoms in total. The number of unbranched alkanes of at least 4 members (excludes halogenated alkanes) is 1. The van der Waals surface area contributed by atoms with Gasteiger partial charge in [-0.05, 0) is 18.6 Å². The Morgan fingerprint density at radius 1 is 1.31 bits per heavy atom. The van der Waals surface area contributed by atoms with Crippen LogP contribution in [0.25, 0.3) is 0 Å². The number of carbonyl (C=O) groups is 1. The van der Waals surface area contributed by atoms with Crippen molar-refractivity contribution in [1.29, 1.82) is 0 Å². The average molecular weight is 240 g/mol. The number of hydrogen-bond acceptors (Lipinski definition) is 3. The summed E-state index contributed by atoms with van der Waals surface area (Å²) in [4.78, 5) is 11.9. The van der Waals surface area contributed by atoms with Crippen molar-refractivity contribution >= 4 is 15.6 Å². The zero-order valence-electron chi connectivity index (χ0n) is 9.56. The molecule has 16 heavy (non-hydrogen) atoms. The third kappa shape index (κ3) is 3.45. The Balaban J connectivity index is 2.95. The van der Waals surface area contributed by atoms with Crippen molar-refractivity contribution in [3.8, 4) is 0 Å². The van der Waals surface area contributed by atoms with E-state index in [0.29, 0.717) is 12.0 Å². The van der Waals surface area contributed by atoms with Gasteiger partial charge in [0.25, 0.3) is 0 Å². The zero-order valence-corrected chi connectivity index (χ0v) is 10.4. The summed E-state index contributed by atoms with van der Waals surface area (Å²) in [5.41, 5.74) is 0.483. The second-order valence-corrected chi connectivity index (χ2v) is 5.84. The quantitative estimate of drug-likeness (QED) is 0.743. The fraction of sp³-hybridized carbons (Fsp3) is 0.417. The lowest BCUT2D eigenvalue weighted by molar-refractivity contribution is 0.0979. The van der Waals surface area contributed by atoms with Gasteiger partial charge in [0, 0.05) is 18.2 Å². The SMILES string of the molecule is CCCCC(=O)c1cccc(S(C)(=O)=O)c1. The summed E-state index contributed by atoms with van der Waals surface area (Å²) >= 11 is 0. The summed E-state index contributed by atoms with van der Waals surface area (Å²) in [6.45, 7) is 2.01. The summed E-state index contributed by atoms with van der Waals surface area (Å²) in [6, 6.07) is 6.22. The van der Waals surface area contributed by atoms with Gasteiger partial charge in [0.2, 0.25) is 0 Å². The van der Waals surface area contributed by atoms with Crippen molar-refractivity contribution in [2.75, 3.05) is 6.26 Å². The minimum atomic E-state index is -3.23. The Bertz CT molecular complexity index is 475. The third-order valence-corrected chi connectivity index (χ3v) is 3.45. The molecule has 0 unspecified atom stereocenters. The lowest BCUT2D eigenvalue weighted by atomic mass is 10.1. The molecule has 0 saturated heterocycles. The van der Waals surface area contributed by atoms with E-state index in [0.717, 1.165) is 19.1 Å². The van der Waals surface area contributed by atoms with E-state index < -0.39 is 9.84 Å². The third-order valence-electron chi connectivity index (χ3n) is 2.34. The molecule has 0 aromatic heterocycles. The molecule has 0 amide bonds. The van der Waals surface area contributed by atoms with E-state index in [9.17, 15) is 13.2 Å². The highest BCUT2D eigenvalue weighted by Gasteiger charge is 2.10. The molecule has 0 aliphatic rings. The van der Waals surface area contributed by atoms with E-state index in [1.54, 1.807) is 12.1 Å². The molecule has 1 aromatic rings. The largest absolute Gasteiger partial charge is 0.294 e. The van der Waals surface area contributed by atoms with E-state index in [2.05, 4.69) is 0 Å². The first-order valence-electron chi connectivity index (χ1n) is 5.28. The summed E-state index contributed by atoms with van der Waals surface area (Å²) in [6.07, 6.45) is 3.41. The highest BCUT2D eigenvalue weighted by Crippen LogP contribution is 2.13. The van der Waals surface area contributed by atoms with Crippen molar-refractivity contribution in [1.82, 2.24) is 0 Å². The maximum absolute atomic E-state index is 11.7. The van der Waals surface area contributed by atoms with E-state index in [1.165, 1.54) is 12.1 Å². The van der Waals surface area contributed by atoms with Gasteiger partial charge in [-0.15, -0.1) is 0 Å². The molecular formula is C12H16O3S. The highest BCUT2D eigenvalue weighted by atomic mass is 32.2. The van der Waals surface area contributed by atoms with Crippen LogP contribution in [0.2, 0.25) is 0 Å². The van der Waals surface area contributed by atoms with Crippen molar-refractivity contribution in [3.63, 3.8) is 0 Å². The van der Waals surface area contributed by atoms with Crippen LogP contribution in [0, 0.1) is 0 Å². The number of hydrogen-bond donors (Lipinski definition) is 0. The topological polar surface area (TPSA) is 51.2 Å². The van der Waals surface area contributed by atoms with Crippen LogP contribution in [-0.2, 0) is 9.84 Å². The monoisotopic (exact) mass is 240 g/mol. The minimum absolute atomic E-state index is 0.00681. The Hall–Kier alpha value is -1.16. The van der Waals surface area contributed by atoms with Gasteiger partial charge in [0.1, 0.15) is 0 Å². The lowest BCUT2D eigenvalue weighted by Gasteiger charge is -2.02. The standard InChI is InChI=1S/C12H16O3S/c1-3-4-8-12(13)10-6-5-7-11(9-10)16(2,14)15/h5-7,9H,3-4,8H2,1-2H3. The first-order valence-corrected chi connectivity index (χ1v) is 7.17. The molecule has 1 rings (SSSR count). The Morgan fingerprint density at radius 2 is 2.00 bits per heavy atom. The van der Waals surface area contributed by atoms with Crippen molar-refractivity contribution < 1.29 is 13.2 Å². The van der Waals surface area contributed by atoms with Crippen molar-refractivity contribution in [3.05, 3.63) is 29.8 Å². The molecular weight excluding hydrogens is 224 g/mol. The average Bonchev–Trinajstić information content (AvgIpc) is 2.25. The van der Waals surface area contributed by atoms with Gasteiger partial charge >= 0.3 is 0 Å². The number of carbonyl (C=O) groups excluding carboxylic acids is 1. The molecule has 88 valence electrons. The Morgan fingerprint density at radius 3 is 2.56 bits per heavy atom. The summed E-state index contributed by atoms with van der Waals surface area (Å²) in [5.74, 6) is 0.00681. The van der Waals surface area contributed by atoms with Gasteiger partial charge in [-0.25, -0.2) is 8.42 Å². The van der Waals surface area contributed by atoms with Crippen molar-refractivity contribution in [2.45, 2.75) is 31.1 Å². The molecule has 1 aromatic carbocycles. The van der Waals surface area contributed by atoms with Crippen LogP contribution in [0.4, 0.5) is 0 Å². The predicted octanol–water partition coefficient (Wildman–Crippen LogP) is 2.46. The summed E-state index contributed by atoms with van der Waals surface area (Å²) in [7, 11) is -3.23. The van der Waals surface area contributed by atoms with Crippen LogP contribution in [0.3, 0.4) is 0 Å². The smallest absolute Gasteiger partial charge is 0.175 e. The molecule has 0 saturated carbocycles. The molecule has 0 aliphatic carbocycles. The van der Waals surface area contributed by atoms with E-state index in [-0.39, 0.29) is 10.7 Å². The summed E-state index contributed by atoms with van der Waals surface area (Å²) in [5, 5.41) is 0. The van der Waals surface area contributed by atoms with Gasteiger partial charge in [0.15, 0.2) is 15.6 Å². The Kier molecular flexibility index (Phi) is 4.24. The second-order valence-electron chi connectivity index (χ2n) is 3.83. The van der Waals surface area contributed by atoms with Crippen molar-refractivity contribution in [2.24, 2.45) is 0 Å². The molecule has 0 fully saturated rings. The van der Waals surface area contributed by atoms with Crippen LogP contribution in [-0.4, -0.2) is 20.5 Å². The molecule has 0 bridgehead atoms. The second kappa shape index (κ2) is 5.25. The molecule has 0 atom stereocenters. The van der Waals surface area contributed by atoms with E-state index >= 15 is 0 Å². The molecule has 0 heterocycles. The fourth-order valence-electron chi connectivity index (χ4n) is 1.38. The van der Waals surface area contributed by atoms with Crippen LogP contribution >= 0.6 is 0 Å². The molecule has 4 heteroatoms. The fourth-order valence-corrected chi connectivity index (χ4v) is 2.05. The van der Waals surface area contributed by atoms with E-state index in [4.69, 9.17) is 0 Å². The first kappa shape index (κ1) is 12.9. The van der Waals surface area contributed by atoms with Crippen LogP contribution < -0.4 is 0 Å².